The Morgan fingerprint density at radius 2 is 2.00 bits per heavy atom. The third-order valence-electron chi connectivity index (χ3n) is 2.81. The fourth-order valence-electron chi connectivity index (χ4n) is 1.80. The third kappa shape index (κ3) is 4.33. The Bertz CT molecular complexity index is 649. The average molecular weight is 334 g/mol. The second kappa shape index (κ2) is 7.64. The van der Waals surface area contributed by atoms with E-state index < -0.39 is 0 Å². The number of hydrogen-bond acceptors (Lipinski definition) is 5. The van der Waals surface area contributed by atoms with E-state index in [-0.39, 0.29) is 0 Å². The van der Waals surface area contributed by atoms with Crippen LogP contribution in [0.5, 0.6) is 5.75 Å². The topological polar surface area (TPSA) is 22.1 Å². The average Bonchev–Trinajstić information content (AvgIpc) is 3.19. The van der Waals surface area contributed by atoms with E-state index in [2.05, 4.69) is 27.2 Å². The number of thioether (sulfide) groups is 1. The Labute approximate surface area is 136 Å². The number of thiophene rings is 1. The lowest BCUT2D eigenvalue weighted by molar-refractivity contribution is 0.344. The second-order valence-electron chi connectivity index (χ2n) is 4.37. The summed E-state index contributed by atoms with van der Waals surface area (Å²) in [6, 6.07) is 12.1. The van der Waals surface area contributed by atoms with Crippen molar-refractivity contribution in [3.63, 3.8) is 0 Å². The van der Waals surface area contributed by atoms with Gasteiger partial charge in [0.2, 0.25) is 0 Å². The van der Waals surface area contributed by atoms with Crippen LogP contribution in [-0.2, 0) is 5.75 Å². The maximum Gasteiger partial charge on any atom is 0.124 e. The summed E-state index contributed by atoms with van der Waals surface area (Å²) >= 11 is 5.29. The highest BCUT2D eigenvalue weighted by atomic mass is 32.2. The minimum Gasteiger partial charge on any atom is -0.493 e. The van der Waals surface area contributed by atoms with Crippen molar-refractivity contribution in [2.45, 2.75) is 5.75 Å². The fraction of sp³-hybridized carbons (Fsp3) is 0.188. The molecule has 0 aliphatic heterocycles. The van der Waals surface area contributed by atoms with Crippen molar-refractivity contribution in [2.75, 3.05) is 12.4 Å². The molecule has 2 heterocycles. The fourth-order valence-corrected chi connectivity index (χ4v) is 4.14. The summed E-state index contributed by atoms with van der Waals surface area (Å²) in [5.41, 5.74) is 2.39. The van der Waals surface area contributed by atoms with E-state index in [1.54, 1.807) is 22.7 Å². The van der Waals surface area contributed by atoms with E-state index in [4.69, 9.17) is 4.74 Å². The lowest BCUT2D eigenvalue weighted by Crippen LogP contribution is -2.00. The van der Waals surface area contributed by atoms with Crippen molar-refractivity contribution < 1.29 is 4.74 Å². The number of ether oxygens (including phenoxy) is 1. The molecule has 2 nitrogen and oxygen atoms in total. The van der Waals surface area contributed by atoms with Crippen LogP contribution in [0.2, 0.25) is 0 Å². The Morgan fingerprint density at radius 1 is 1.10 bits per heavy atom. The zero-order valence-electron chi connectivity index (χ0n) is 11.4. The largest absolute Gasteiger partial charge is 0.493 e. The van der Waals surface area contributed by atoms with Gasteiger partial charge in [-0.05, 0) is 23.6 Å². The van der Waals surface area contributed by atoms with Gasteiger partial charge in [0.1, 0.15) is 10.8 Å². The van der Waals surface area contributed by atoms with Gasteiger partial charge < -0.3 is 4.74 Å². The molecule has 0 spiro atoms. The van der Waals surface area contributed by atoms with Gasteiger partial charge >= 0.3 is 0 Å². The molecule has 0 amide bonds. The first-order valence-corrected chi connectivity index (χ1v) is 9.62. The number of nitrogens with zero attached hydrogens (tertiary/aromatic N) is 1. The SMILES string of the molecule is c1ccc(OCCSCc2csc(-c3ccsc3)n2)cc1. The smallest absolute Gasteiger partial charge is 0.124 e. The van der Waals surface area contributed by atoms with E-state index in [0.29, 0.717) is 0 Å². The predicted octanol–water partition coefficient (Wildman–Crippen LogP) is 5.18. The molecule has 3 rings (SSSR count). The maximum absolute atomic E-state index is 5.67. The van der Waals surface area contributed by atoms with Crippen LogP contribution < -0.4 is 4.74 Å². The zero-order chi connectivity index (χ0) is 14.3. The van der Waals surface area contributed by atoms with Crippen LogP contribution in [0.1, 0.15) is 5.69 Å². The summed E-state index contributed by atoms with van der Waals surface area (Å²) in [4.78, 5) is 4.67. The van der Waals surface area contributed by atoms with E-state index in [9.17, 15) is 0 Å². The van der Waals surface area contributed by atoms with Crippen LogP contribution in [0.15, 0.2) is 52.5 Å². The molecule has 1 aromatic carbocycles. The van der Waals surface area contributed by atoms with Crippen LogP contribution in [0.3, 0.4) is 0 Å². The highest BCUT2D eigenvalue weighted by molar-refractivity contribution is 7.98. The Hall–Kier alpha value is -1.30. The molecule has 21 heavy (non-hydrogen) atoms. The minimum absolute atomic E-state index is 0.732. The molecule has 0 saturated carbocycles. The van der Waals surface area contributed by atoms with Crippen LogP contribution in [-0.4, -0.2) is 17.3 Å². The van der Waals surface area contributed by atoms with Crippen molar-refractivity contribution in [2.24, 2.45) is 0 Å². The zero-order valence-corrected chi connectivity index (χ0v) is 13.8. The molecular weight excluding hydrogens is 318 g/mol. The van der Waals surface area contributed by atoms with Gasteiger partial charge in [0.25, 0.3) is 0 Å². The first kappa shape index (κ1) is 14.6. The third-order valence-corrected chi connectivity index (χ3v) is 5.39. The second-order valence-corrected chi connectivity index (χ2v) is 7.11. The Balaban J connectivity index is 1.40. The van der Waals surface area contributed by atoms with Gasteiger partial charge in [-0.3, -0.25) is 0 Å². The molecule has 0 N–H and O–H groups in total. The van der Waals surface area contributed by atoms with E-state index in [1.807, 2.05) is 42.1 Å². The predicted molar refractivity (Wildman–Crippen MR) is 93.5 cm³/mol. The molecule has 0 atom stereocenters. The molecule has 2 aromatic heterocycles. The highest BCUT2D eigenvalue weighted by Crippen LogP contribution is 2.27. The van der Waals surface area contributed by atoms with Gasteiger partial charge in [-0.2, -0.15) is 23.1 Å². The van der Waals surface area contributed by atoms with Gasteiger partial charge in [0, 0.05) is 27.8 Å². The number of thiazole rings is 1. The number of hydrogen-bond donors (Lipinski definition) is 0. The molecule has 0 aliphatic rings. The van der Waals surface area contributed by atoms with Crippen molar-refractivity contribution >= 4 is 34.4 Å². The van der Waals surface area contributed by atoms with Gasteiger partial charge in [-0.15, -0.1) is 11.3 Å². The van der Waals surface area contributed by atoms with E-state index in [1.165, 1.54) is 5.56 Å². The molecule has 0 bridgehead atoms. The molecule has 0 radical (unpaired) electrons. The summed E-state index contributed by atoms with van der Waals surface area (Å²) in [5, 5.41) is 7.50. The van der Waals surface area contributed by atoms with Crippen molar-refractivity contribution in [1.82, 2.24) is 4.98 Å². The van der Waals surface area contributed by atoms with Gasteiger partial charge in [-0.25, -0.2) is 4.98 Å². The molecule has 3 aromatic rings. The molecule has 108 valence electrons. The van der Waals surface area contributed by atoms with Crippen molar-refractivity contribution in [3.8, 4) is 16.3 Å². The van der Waals surface area contributed by atoms with Crippen molar-refractivity contribution in [3.05, 3.63) is 58.2 Å². The number of aromatic nitrogens is 1. The summed E-state index contributed by atoms with van der Waals surface area (Å²) in [7, 11) is 0. The normalized spacial score (nSPS) is 10.7. The van der Waals surface area contributed by atoms with Crippen LogP contribution in [0, 0.1) is 0 Å². The first-order valence-electron chi connectivity index (χ1n) is 6.64. The Kier molecular flexibility index (Phi) is 5.32. The molecule has 0 aliphatic carbocycles. The van der Waals surface area contributed by atoms with Crippen LogP contribution in [0.4, 0.5) is 0 Å². The summed E-state index contributed by atoms with van der Waals surface area (Å²) in [6.07, 6.45) is 0. The lowest BCUT2D eigenvalue weighted by Gasteiger charge is -2.04. The van der Waals surface area contributed by atoms with Crippen LogP contribution >= 0.6 is 34.4 Å². The number of para-hydroxylation sites is 1. The highest BCUT2D eigenvalue weighted by Gasteiger charge is 2.05. The van der Waals surface area contributed by atoms with Gasteiger partial charge in [0.05, 0.1) is 12.3 Å². The first-order chi connectivity index (χ1) is 10.4. The molecule has 5 heteroatoms. The molecular formula is C16H15NOS3. The van der Waals surface area contributed by atoms with Crippen LogP contribution in [0.25, 0.3) is 10.6 Å². The molecule has 0 unspecified atom stereocenters. The van der Waals surface area contributed by atoms with Gasteiger partial charge in [0.15, 0.2) is 0 Å². The summed E-state index contributed by atoms with van der Waals surface area (Å²) in [5.74, 6) is 2.85. The minimum atomic E-state index is 0.732. The van der Waals surface area contributed by atoms with Gasteiger partial charge in [-0.1, -0.05) is 18.2 Å². The standard InChI is InChI=1S/C16H15NOS3/c1-2-4-15(5-3-1)18-7-9-20-11-14-12-21-16(17-14)13-6-8-19-10-13/h1-6,8,10,12H,7,9,11H2. The number of rotatable bonds is 7. The monoisotopic (exact) mass is 333 g/mol. The quantitative estimate of drug-likeness (QED) is 0.556. The molecule has 0 fully saturated rings. The molecule has 0 saturated heterocycles. The lowest BCUT2D eigenvalue weighted by atomic mass is 10.3. The summed E-state index contributed by atoms with van der Waals surface area (Å²) < 4.78 is 5.67. The Morgan fingerprint density at radius 3 is 2.81 bits per heavy atom. The van der Waals surface area contributed by atoms with E-state index in [0.717, 1.165) is 34.6 Å². The summed E-state index contributed by atoms with van der Waals surface area (Å²) in [6.45, 7) is 0.732. The van der Waals surface area contributed by atoms with E-state index >= 15 is 0 Å². The number of benzene rings is 1. The van der Waals surface area contributed by atoms with Crippen molar-refractivity contribution in [1.29, 1.82) is 0 Å². The maximum atomic E-state index is 5.67.